The first-order chi connectivity index (χ1) is 9.54. The summed E-state index contributed by atoms with van der Waals surface area (Å²) in [6.07, 6.45) is 5.09. The summed E-state index contributed by atoms with van der Waals surface area (Å²) in [7, 11) is 0. The highest BCUT2D eigenvalue weighted by molar-refractivity contribution is 5.13. The van der Waals surface area contributed by atoms with E-state index in [1.807, 2.05) is 26.0 Å². The van der Waals surface area contributed by atoms with Crippen molar-refractivity contribution in [3.8, 4) is 0 Å². The van der Waals surface area contributed by atoms with E-state index in [-0.39, 0.29) is 0 Å². The van der Waals surface area contributed by atoms with E-state index in [1.165, 1.54) is 38.8 Å². The first-order valence-electron chi connectivity index (χ1n) is 7.81. The molecule has 0 spiro atoms. The number of hydrogen-bond acceptors (Lipinski definition) is 4. The summed E-state index contributed by atoms with van der Waals surface area (Å²) in [6, 6.07) is 5.06. The van der Waals surface area contributed by atoms with Crippen molar-refractivity contribution in [3.63, 3.8) is 0 Å². The van der Waals surface area contributed by atoms with Gasteiger partial charge < -0.3 is 19.7 Å². The van der Waals surface area contributed by atoms with Crippen LogP contribution in [-0.4, -0.2) is 41.7 Å². The van der Waals surface area contributed by atoms with Crippen LogP contribution in [0.3, 0.4) is 0 Å². The Balaban J connectivity index is 1.54. The maximum Gasteiger partial charge on any atom is 0.136 e. The summed E-state index contributed by atoms with van der Waals surface area (Å²) in [5.74, 6) is 1.50. The topological polar surface area (TPSA) is 48.6 Å². The Labute approximate surface area is 121 Å². The molecule has 4 nitrogen and oxygen atoms in total. The normalized spacial score (nSPS) is 30.1. The van der Waals surface area contributed by atoms with Gasteiger partial charge in [-0.05, 0) is 64.8 Å². The molecule has 1 aromatic rings. The van der Waals surface area contributed by atoms with Crippen molar-refractivity contribution >= 4 is 0 Å². The lowest BCUT2D eigenvalue weighted by Gasteiger charge is -2.36. The minimum Gasteiger partial charge on any atom is -0.463 e. The molecule has 0 saturated carbocycles. The molecule has 2 saturated heterocycles. The summed E-state index contributed by atoms with van der Waals surface area (Å²) < 4.78 is 5.56. The summed E-state index contributed by atoms with van der Waals surface area (Å²) in [5.41, 5.74) is -0.929. The molecule has 2 fully saturated rings. The minimum atomic E-state index is -0.929. The molecule has 0 aromatic carbocycles. The van der Waals surface area contributed by atoms with Crippen molar-refractivity contribution < 1.29 is 9.52 Å². The largest absolute Gasteiger partial charge is 0.463 e. The van der Waals surface area contributed by atoms with Crippen molar-refractivity contribution in [1.29, 1.82) is 0 Å². The first kappa shape index (κ1) is 14.1. The van der Waals surface area contributed by atoms with Crippen molar-refractivity contribution in [1.82, 2.24) is 10.2 Å². The molecule has 2 N–H and O–H groups in total. The molecule has 0 aliphatic carbocycles. The van der Waals surface area contributed by atoms with Crippen LogP contribution in [0, 0.1) is 6.92 Å². The van der Waals surface area contributed by atoms with Gasteiger partial charge in [0.1, 0.15) is 17.1 Å². The second kappa shape index (κ2) is 5.51. The number of nitrogens with one attached hydrogen (secondary N) is 1. The van der Waals surface area contributed by atoms with Crippen LogP contribution in [0.15, 0.2) is 16.5 Å². The molecule has 2 aliphatic heterocycles. The average molecular weight is 278 g/mol. The molecule has 1 aromatic heterocycles. The van der Waals surface area contributed by atoms with Crippen LogP contribution in [0.4, 0.5) is 0 Å². The SMILES string of the molecule is Cc1ccc(C(C)(O)CNC2CCN3CCCC3C2)o1. The molecule has 0 amide bonds. The van der Waals surface area contributed by atoms with E-state index >= 15 is 0 Å². The van der Waals surface area contributed by atoms with E-state index in [0.29, 0.717) is 18.3 Å². The summed E-state index contributed by atoms with van der Waals surface area (Å²) in [6.45, 7) is 6.76. The second-order valence-electron chi connectivity index (χ2n) is 6.62. The fourth-order valence-electron chi connectivity index (χ4n) is 3.56. The van der Waals surface area contributed by atoms with E-state index in [2.05, 4.69) is 10.2 Å². The van der Waals surface area contributed by atoms with Crippen LogP contribution in [0.5, 0.6) is 0 Å². The van der Waals surface area contributed by atoms with E-state index in [4.69, 9.17) is 4.42 Å². The van der Waals surface area contributed by atoms with Gasteiger partial charge in [-0.1, -0.05) is 0 Å². The van der Waals surface area contributed by atoms with E-state index in [1.54, 1.807) is 0 Å². The third-order valence-corrected chi connectivity index (χ3v) is 4.83. The van der Waals surface area contributed by atoms with Gasteiger partial charge in [-0.3, -0.25) is 0 Å². The predicted molar refractivity (Wildman–Crippen MR) is 78.6 cm³/mol. The Kier molecular flexibility index (Phi) is 3.89. The Hall–Kier alpha value is -0.840. The zero-order chi connectivity index (χ0) is 14.2. The van der Waals surface area contributed by atoms with Crippen LogP contribution in [-0.2, 0) is 5.60 Å². The number of nitrogens with zero attached hydrogens (tertiary/aromatic N) is 1. The van der Waals surface area contributed by atoms with Crippen LogP contribution in [0.2, 0.25) is 0 Å². The Morgan fingerprint density at radius 3 is 3.00 bits per heavy atom. The molecule has 3 rings (SSSR count). The fraction of sp³-hybridized carbons (Fsp3) is 0.750. The molecule has 20 heavy (non-hydrogen) atoms. The van der Waals surface area contributed by atoms with Gasteiger partial charge in [0, 0.05) is 18.6 Å². The molecule has 3 unspecified atom stereocenters. The lowest BCUT2D eigenvalue weighted by atomic mass is 9.96. The number of rotatable bonds is 4. The Morgan fingerprint density at radius 1 is 1.40 bits per heavy atom. The summed E-state index contributed by atoms with van der Waals surface area (Å²) in [5, 5.41) is 14.1. The van der Waals surface area contributed by atoms with Crippen LogP contribution >= 0.6 is 0 Å². The molecule has 112 valence electrons. The molecular formula is C16H26N2O2. The van der Waals surface area contributed by atoms with Gasteiger partial charge in [0.15, 0.2) is 0 Å². The smallest absolute Gasteiger partial charge is 0.136 e. The van der Waals surface area contributed by atoms with Gasteiger partial charge in [-0.25, -0.2) is 0 Å². The number of furan rings is 1. The number of fused-ring (bicyclic) bond motifs is 1. The standard InChI is InChI=1S/C16H26N2O2/c1-12-5-6-15(20-12)16(2,19)11-17-13-7-9-18-8-3-4-14(18)10-13/h5-6,13-14,17,19H,3-4,7-11H2,1-2H3. The molecule has 4 heteroatoms. The molecule has 0 radical (unpaired) electrons. The van der Waals surface area contributed by atoms with Gasteiger partial charge in [0.25, 0.3) is 0 Å². The quantitative estimate of drug-likeness (QED) is 0.884. The minimum absolute atomic E-state index is 0.525. The fourth-order valence-corrected chi connectivity index (χ4v) is 3.56. The van der Waals surface area contributed by atoms with Crippen LogP contribution in [0.1, 0.15) is 44.1 Å². The Bertz CT molecular complexity index is 455. The molecule has 2 aliphatic rings. The summed E-state index contributed by atoms with van der Waals surface area (Å²) >= 11 is 0. The van der Waals surface area contributed by atoms with Crippen molar-refractivity contribution in [2.45, 2.75) is 57.2 Å². The molecule has 3 atom stereocenters. The van der Waals surface area contributed by atoms with E-state index < -0.39 is 5.60 Å². The van der Waals surface area contributed by atoms with Crippen LogP contribution < -0.4 is 5.32 Å². The van der Waals surface area contributed by atoms with Crippen LogP contribution in [0.25, 0.3) is 0 Å². The third-order valence-electron chi connectivity index (χ3n) is 4.83. The van der Waals surface area contributed by atoms with Crippen molar-refractivity contribution in [2.75, 3.05) is 19.6 Å². The first-order valence-corrected chi connectivity index (χ1v) is 7.81. The van der Waals surface area contributed by atoms with E-state index in [9.17, 15) is 5.11 Å². The maximum atomic E-state index is 10.6. The monoisotopic (exact) mass is 278 g/mol. The van der Waals surface area contributed by atoms with Gasteiger partial charge in [-0.15, -0.1) is 0 Å². The number of aryl methyl sites for hydroxylation is 1. The van der Waals surface area contributed by atoms with Gasteiger partial charge >= 0.3 is 0 Å². The third kappa shape index (κ3) is 2.92. The lowest BCUT2D eigenvalue weighted by Crippen LogP contribution is -2.48. The number of aliphatic hydroxyl groups is 1. The predicted octanol–water partition coefficient (Wildman–Crippen LogP) is 2.01. The average Bonchev–Trinajstić information content (AvgIpc) is 3.04. The van der Waals surface area contributed by atoms with Gasteiger partial charge in [0.05, 0.1) is 0 Å². The van der Waals surface area contributed by atoms with Gasteiger partial charge in [-0.2, -0.15) is 0 Å². The van der Waals surface area contributed by atoms with Gasteiger partial charge in [0.2, 0.25) is 0 Å². The van der Waals surface area contributed by atoms with Crippen molar-refractivity contribution in [3.05, 3.63) is 23.7 Å². The maximum absolute atomic E-state index is 10.6. The highest BCUT2D eigenvalue weighted by Gasteiger charge is 2.33. The zero-order valence-corrected chi connectivity index (χ0v) is 12.6. The highest BCUT2D eigenvalue weighted by Crippen LogP contribution is 2.28. The number of piperidine rings is 1. The number of hydrogen-bond donors (Lipinski definition) is 2. The molecular weight excluding hydrogens is 252 g/mol. The molecule has 0 bridgehead atoms. The second-order valence-corrected chi connectivity index (χ2v) is 6.62. The zero-order valence-electron chi connectivity index (χ0n) is 12.6. The van der Waals surface area contributed by atoms with E-state index in [0.717, 1.165) is 11.8 Å². The Morgan fingerprint density at radius 2 is 2.25 bits per heavy atom. The summed E-state index contributed by atoms with van der Waals surface area (Å²) in [4.78, 5) is 2.62. The lowest BCUT2D eigenvalue weighted by molar-refractivity contribution is 0.0269. The highest BCUT2D eigenvalue weighted by atomic mass is 16.4. The van der Waals surface area contributed by atoms with Crippen molar-refractivity contribution in [2.24, 2.45) is 0 Å². The molecule has 3 heterocycles.